The molecule has 0 saturated carbocycles. The molecule has 1 aromatic carbocycles. The van der Waals surface area contributed by atoms with Crippen LogP contribution in [0.4, 0.5) is 0 Å². The monoisotopic (exact) mass is 536 g/mol. The summed E-state index contributed by atoms with van der Waals surface area (Å²) in [5.41, 5.74) is 6.31. The van der Waals surface area contributed by atoms with Crippen LogP contribution in [0, 0.1) is 0 Å². The Balaban J connectivity index is 2.12. The Labute approximate surface area is 217 Å². The average molecular weight is 537 g/mol. The lowest BCUT2D eigenvalue weighted by Gasteiger charge is -2.28. The summed E-state index contributed by atoms with van der Waals surface area (Å²) < 4.78 is 0. The topological polar surface area (TPSA) is 237 Å². The van der Waals surface area contributed by atoms with Gasteiger partial charge in [-0.05, 0) is 43.4 Å². The number of carboxylic acid groups (broad SMARTS) is 3. The highest BCUT2D eigenvalue weighted by atomic mass is 16.4. The number of carboxylic acids is 3. The van der Waals surface area contributed by atoms with Gasteiger partial charge in [-0.15, -0.1) is 0 Å². The molecule has 4 unspecified atom stereocenters. The summed E-state index contributed by atoms with van der Waals surface area (Å²) >= 11 is 0. The molecule has 1 aliphatic heterocycles. The van der Waals surface area contributed by atoms with Crippen LogP contribution < -0.4 is 16.4 Å². The van der Waals surface area contributed by atoms with Gasteiger partial charge >= 0.3 is 17.9 Å². The average Bonchev–Trinajstić information content (AvgIpc) is 3.35. The molecular weight excluding hydrogens is 504 g/mol. The van der Waals surface area contributed by atoms with Crippen LogP contribution in [-0.2, 0) is 35.2 Å². The van der Waals surface area contributed by atoms with E-state index in [9.17, 15) is 39.0 Å². The zero-order valence-electron chi connectivity index (χ0n) is 20.5. The largest absolute Gasteiger partial charge is 0.508 e. The first kappa shape index (κ1) is 30.0. The van der Waals surface area contributed by atoms with Crippen LogP contribution in [0.25, 0.3) is 0 Å². The minimum Gasteiger partial charge on any atom is -0.508 e. The Morgan fingerprint density at radius 2 is 1.53 bits per heavy atom. The maximum absolute atomic E-state index is 13.0. The smallest absolute Gasteiger partial charge is 0.326 e. The van der Waals surface area contributed by atoms with Crippen LogP contribution in [0.5, 0.6) is 5.75 Å². The Kier molecular flexibility index (Phi) is 11.0. The third-order valence-electron chi connectivity index (χ3n) is 6.10. The molecule has 1 aromatic rings. The molecule has 38 heavy (non-hydrogen) atoms. The van der Waals surface area contributed by atoms with Crippen LogP contribution in [-0.4, -0.2) is 91.7 Å². The number of likely N-dealkylation sites (tertiary alicyclic amines) is 1. The Morgan fingerprint density at radius 1 is 0.921 bits per heavy atom. The predicted octanol–water partition coefficient (Wildman–Crippen LogP) is -0.963. The molecule has 0 bridgehead atoms. The van der Waals surface area contributed by atoms with Crippen molar-refractivity contribution in [2.45, 2.75) is 69.1 Å². The molecule has 1 saturated heterocycles. The lowest BCUT2D eigenvalue weighted by molar-refractivity contribution is -0.144. The number of carbonyl (C=O) groups is 6. The van der Waals surface area contributed by atoms with Gasteiger partial charge in [-0.1, -0.05) is 12.1 Å². The molecule has 2 rings (SSSR count). The van der Waals surface area contributed by atoms with Crippen LogP contribution >= 0.6 is 0 Å². The van der Waals surface area contributed by atoms with Crippen molar-refractivity contribution in [2.75, 3.05) is 6.54 Å². The SMILES string of the molecule is NC(CCC(=O)O)C(=O)N1CCCC1C(=O)NC(CCC(=O)O)C(=O)NC(Cc1ccc(O)cc1)C(=O)O. The third-order valence-corrected chi connectivity index (χ3v) is 6.10. The summed E-state index contributed by atoms with van der Waals surface area (Å²) in [6.45, 7) is 0.192. The van der Waals surface area contributed by atoms with Crippen molar-refractivity contribution in [2.24, 2.45) is 5.73 Å². The van der Waals surface area contributed by atoms with Crippen molar-refractivity contribution in [1.29, 1.82) is 0 Å². The quantitative estimate of drug-likeness (QED) is 0.153. The molecule has 1 heterocycles. The Bertz CT molecular complexity index is 1050. The van der Waals surface area contributed by atoms with Crippen LogP contribution in [0.1, 0.15) is 44.1 Å². The second kappa shape index (κ2) is 13.9. The van der Waals surface area contributed by atoms with Gasteiger partial charge in [0.1, 0.15) is 23.9 Å². The van der Waals surface area contributed by atoms with Gasteiger partial charge in [-0.3, -0.25) is 24.0 Å². The van der Waals surface area contributed by atoms with Gasteiger partial charge in [0.05, 0.1) is 6.04 Å². The molecule has 0 spiro atoms. The minimum absolute atomic E-state index is 0.0246. The molecule has 1 aliphatic rings. The van der Waals surface area contributed by atoms with E-state index in [1.54, 1.807) is 0 Å². The highest BCUT2D eigenvalue weighted by molar-refractivity contribution is 5.94. The van der Waals surface area contributed by atoms with E-state index >= 15 is 0 Å². The number of carbonyl (C=O) groups excluding carboxylic acids is 3. The van der Waals surface area contributed by atoms with Gasteiger partial charge in [-0.2, -0.15) is 0 Å². The van der Waals surface area contributed by atoms with E-state index in [1.807, 2.05) is 0 Å². The summed E-state index contributed by atoms with van der Waals surface area (Å²) in [5.74, 6) is -6.02. The number of benzene rings is 1. The standard InChI is InChI=1S/C24H32N4O10/c25-15(7-9-19(30)31)23(36)28-11-1-2-18(28)22(35)26-16(8-10-20(32)33)21(34)27-17(24(37)38)12-13-3-5-14(29)6-4-13/h3-6,15-18,29H,1-2,7-12,25H2,(H,26,35)(H,27,34)(H,30,31)(H,32,33)(H,37,38). The van der Waals surface area contributed by atoms with Gasteiger partial charge in [0.25, 0.3) is 0 Å². The third kappa shape index (κ3) is 9.03. The number of phenols is 1. The number of amides is 3. The highest BCUT2D eigenvalue weighted by Crippen LogP contribution is 2.20. The fraction of sp³-hybridized carbons (Fsp3) is 0.500. The maximum atomic E-state index is 13.0. The first-order chi connectivity index (χ1) is 17.9. The van der Waals surface area contributed by atoms with Gasteiger partial charge in [0, 0.05) is 25.8 Å². The fourth-order valence-corrected chi connectivity index (χ4v) is 4.06. The Morgan fingerprint density at radius 3 is 2.11 bits per heavy atom. The molecule has 3 amide bonds. The first-order valence-electron chi connectivity index (χ1n) is 12.0. The van der Waals surface area contributed by atoms with E-state index in [2.05, 4.69) is 10.6 Å². The van der Waals surface area contributed by atoms with Crippen molar-refractivity contribution >= 4 is 35.6 Å². The maximum Gasteiger partial charge on any atom is 0.326 e. The second-order valence-corrected chi connectivity index (χ2v) is 8.99. The van der Waals surface area contributed by atoms with Crippen molar-refractivity contribution in [3.8, 4) is 5.75 Å². The summed E-state index contributed by atoms with van der Waals surface area (Å²) in [7, 11) is 0. The van der Waals surface area contributed by atoms with Crippen molar-refractivity contribution in [1.82, 2.24) is 15.5 Å². The number of hydrogen-bond donors (Lipinski definition) is 7. The lowest BCUT2D eigenvalue weighted by atomic mass is 10.0. The summed E-state index contributed by atoms with van der Waals surface area (Å²) in [6.07, 6.45) is -0.729. The van der Waals surface area contributed by atoms with Gasteiger partial charge in [0.2, 0.25) is 17.7 Å². The molecule has 0 radical (unpaired) electrons. The molecule has 8 N–H and O–H groups in total. The van der Waals surface area contributed by atoms with E-state index in [0.717, 1.165) is 0 Å². The van der Waals surface area contributed by atoms with Crippen LogP contribution in [0.3, 0.4) is 0 Å². The normalized spacial score (nSPS) is 17.2. The molecular formula is C24H32N4O10. The summed E-state index contributed by atoms with van der Waals surface area (Å²) in [4.78, 5) is 73.6. The number of nitrogens with one attached hydrogen (secondary N) is 2. The Hall–Kier alpha value is -4.20. The minimum atomic E-state index is -1.41. The van der Waals surface area contributed by atoms with E-state index < -0.39 is 66.2 Å². The van der Waals surface area contributed by atoms with Crippen molar-refractivity contribution in [3.63, 3.8) is 0 Å². The molecule has 14 nitrogen and oxygen atoms in total. The molecule has 0 aromatic heterocycles. The van der Waals surface area contributed by atoms with Gasteiger partial charge in [0.15, 0.2) is 0 Å². The fourth-order valence-electron chi connectivity index (χ4n) is 4.06. The summed E-state index contributed by atoms with van der Waals surface area (Å²) in [5, 5.41) is 41.6. The number of aliphatic carboxylic acids is 3. The molecule has 14 heteroatoms. The number of nitrogens with zero attached hydrogens (tertiary/aromatic N) is 1. The van der Waals surface area contributed by atoms with Gasteiger partial charge in [-0.25, -0.2) is 4.79 Å². The lowest BCUT2D eigenvalue weighted by Crippen LogP contribution is -2.57. The first-order valence-corrected chi connectivity index (χ1v) is 12.0. The number of rotatable bonds is 14. The number of aromatic hydroxyl groups is 1. The van der Waals surface area contributed by atoms with Crippen LogP contribution in [0.2, 0.25) is 0 Å². The highest BCUT2D eigenvalue weighted by Gasteiger charge is 2.38. The molecule has 0 aliphatic carbocycles. The van der Waals surface area contributed by atoms with Gasteiger partial charge < -0.3 is 41.7 Å². The second-order valence-electron chi connectivity index (χ2n) is 8.99. The summed E-state index contributed by atoms with van der Waals surface area (Å²) in [6, 6.07) is 0.712. The zero-order chi connectivity index (χ0) is 28.4. The molecule has 208 valence electrons. The van der Waals surface area contributed by atoms with Crippen LogP contribution in [0.15, 0.2) is 24.3 Å². The van der Waals surface area contributed by atoms with E-state index in [-0.39, 0.29) is 44.4 Å². The number of hydrogen-bond acceptors (Lipinski definition) is 8. The van der Waals surface area contributed by atoms with Crippen molar-refractivity contribution in [3.05, 3.63) is 29.8 Å². The van der Waals surface area contributed by atoms with E-state index in [4.69, 9.17) is 15.9 Å². The number of phenolic OH excluding ortho intramolecular Hbond substituents is 1. The zero-order valence-corrected chi connectivity index (χ0v) is 20.5. The molecule has 4 atom stereocenters. The molecule has 1 fully saturated rings. The predicted molar refractivity (Wildman–Crippen MR) is 130 cm³/mol. The van der Waals surface area contributed by atoms with E-state index in [1.165, 1.54) is 29.2 Å². The van der Waals surface area contributed by atoms with Crippen molar-refractivity contribution < 1.29 is 49.2 Å². The number of nitrogens with two attached hydrogens (primary N) is 1. The van der Waals surface area contributed by atoms with E-state index in [0.29, 0.717) is 12.0 Å².